The number of piperidine rings is 1. The van der Waals surface area contributed by atoms with Gasteiger partial charge in [0.2, 0.25) is 5.91 Å². The van der Waals surface area contributed by atoms with Crippen molar-refractivity contribution >= 4 is 17.5 Å². The van der Waals surface area contributed by atoms with Crippen molar-refractivity contribution in [3.8, 4) is 0 Å². The molecule has 2 aliphatic heterocycles. The van der Waals surface area contributed by atoms with E-state index in [1.165, 1.54) is 5.56 Å². The topological polar surface area (TPSA) is 43.8 Å². The molecule has 1 amide bonds. The van der Waals surface area contributed by atoms with Crippen LogP contribution >= 0.6 is 11.6 Å². The number of hydrogen-bond acceptors (Lipinski definition) is 3. The molecule has 3 rings (SSSR count). The van der Waals surface area contributed by atoms with E-state index in [-0.39, 0.29) is 12.5 Å². The normalized spacial score (nSPS) is 26.0. The van der Waals surface area contributed by atoms with E-state index in [1.54, 1.807) is 6.92 Å². The Bertz CT molecular complexity index is 555. The van der Waals surface area contributed by atoms with Gasteiger partial charge < -0.3 is 10.0 Å². The second kappa shape index (κ2) is 7.85. The number of likely N-dealkylation sites (tertiary alicyclic amines) is 2. The minimum absolute atomic E-state index is 0.183. The van der Waals surface area contributed by atoms with Gasteiger partial charge in [-0.15, -0.1) is 0 Å². The molecule has 0 unspecified atom stereocenters. The van der Waals surface area contributed by atoms with Crippen molar-refractivity contribution in [2.24, 2.45) is 17.8 Å². The van der Waals surface area contributed by atoms with Gasteiger partial charge in [0.1, 0.15) is 0 Å². The highest BCUT2D eigenvalue weighted by molar-refractivity contribution is 6.30. The van der Waals surface area contributed by atoms with Crippen LogP contribution in [0.1, 0.15) is 25.3 Å². The standard InChI is InChI=1S/C19H27ClN2O2/c1-14(24)22-8-6-16(7-9-22)19-12-21(11-17(19)13-23)10-15-2-4-18(20)5-3-15/h2-5,16-17,19,23H,6-13H2,1H3/t17-,19-/m0/s1. The van der Waals surface area contributed by atoms with Crippen LogP contribution in [0.3, 0.4) is 0 Å². The molecule has 0 aliphatic carbocycles. The average molecular weight is 351 g/mol. The smallest absolute Gasteiger partial charge is 0.219 e. The molecule has 4 nitrogen and oxygen atoms in total. The number of rotatable bonds is 4. The largest absolute Gasteiger partial charge is 0.396 e. The van der Waals surface area contributed by atoms with Gasteiger partial charge in [0, 0.05) is 51.3 Å². The van der Waals surface area contributed by atoms with Crippen molar-refractivity contribution in [2.75, 3.05) is 32.8 Å². The summed E-state index contributed by atoms with van der Waals surface area (Å²) in [5, 5.41) is 10.6. The number of aliphatic hydroxyl groups is 1. The highest BCUT2D eigenvalue weighted by Gasteiger charge is 2.38. The molecule has 2 fully saturated rings. The lowest BCUT2D eigenvalue weighted by atomic mass is 9.79. The van der Waals surface area contributed by atoms with Gasteiger partial charge >= 0.3 is 0 Å². The molecule has 2 saturated heterocycles. The molecule has 1 aromatic rings. The third kappa shape index (κ3) is 4.11. The molecule has 0 saturated carbocycles. The van der Waals surface area contributed by atoms with Gasteiger partial charge in [-0.3, -0.25) is 9.69 Å². The first-order valence-corrected chi connectivity index (χ1v) is 9.27. The van der Waals surface area contributed by atoms with Crippen molar-refractivity contribution in [2.45, 2.75) is 26.3 Å². The SMILES string of the molecule is CC(=O)N1CCC([C@@H]2CN(Cc3ccc(Cl)cc3)C[C@H]2CO)CC1. The first-order valence-electron chi connectivity index (χ1n) is 8.90. The quantitative estimate of drug-likeness (QED) is 0.907. The van der Waals surface area contributed by atoms with Gasteiger partial charge in [-0.25, -0.2) is 0 Å². The van der Waals surface area contributed by atoms with Crippen molar-refractivity contribution < 1.29 is 9.90 Å². The van der Waals surface area contributed by atoms with E-state index in [4.69, 9.17) is 11.6 Å². The molecule has 0 bridgehead atoms. The predicted molar refractivity (Wildman–Crippen MR) is 95.8 cm³/mol. The third-order valence-electron chi connectivity index (χ3n) is 5.71. The zero-order valence-electron chi connectivity index (χ0n) is 14.3. The first-order chi connectivity index (χ1) is 11.6. The number of amides is 1. The Balaban J connectivity index is 1.58. The Morgan fingerprint density at radius 2 is 1.88 bits per heavy atom. The fraction of sp³-hybridized carbons (Fsp3) is 0.632. The minimum Gasteiger partial charge on any atom is -0.396 e. The number of halogens is 1. The van der Waals surface area contributed by atoms with E-state index >= 15 is 0 Å². The van der Waals surface area contributed by atoms with Crippen molar-refractivity contribution in [3.05, 3.63) is 34.9 Å². The van der Waals surface area contributed by atoms with Gasteiger partial charge in [0.05, 0.1) is 0 Å². The summed E-state index contributed by atoms with van der Waals surface area (Å²) in [5.74, 6) is 1.69. The number of benzene rings is 1. The van der Waals surface area contributed by atoms with Gasteiger partial charge in [-0.1, -0.05) is 23.7 Å². The van der Waals surface area contributed by atoms with Crippen LogP contribution < -0.4 is 0 Å². The molecule has 24 heavy (non-hydrogen) atoms. The average Bonchev–Trinajstić information content (AvgIpc) is 3.00. The molecule has 2 heterocycles. The van der Waals surface area contributed by atoms with E-state index in [0.717, 1.165) is 50.6 Å². The Labute approximate surface area is 149 Å². The monoisotopic (exact) mass is 350 g/mol. The van der Waals surface area contributed by atoms with Crippen molar-refractivity contribution in [1.29, 1.82) is 0 Å². The molecule has 5 heteroatoms. The van der Waals surface area contributed by atoms with Crippen LogP contribution in [0.4, 0.5) is 0 Å². The number of hydrogen-bond donors (Lipinski definition) is 1. The summed E-state index contributed by atoms with van der Waals surface area (Å²) in [5.41, 5.74) is 1.27. The lowest BCUT2D eigenvalue weighted by Gasteiger charge is -2.36. The number of nitrogens with zero attached hydrogens (tertiary/aromatic N) is 2. The number of aliphatic hydroxyl groups excluding tert-OH is 1. The molecule has 1 aromatic carbocycles. The molecular formula is C19H27ClN2O2. The maximum atomic E-state index is 11.5. The van der Waals surface area contributed by atoms with E-state index in [1.807, 2.05) is 17.0 Å². The summed E-state index contributed by atoms with van der Waals surface area (Å²) in [6.45, 7) is 6.55. The molecule has 2 atom stereocenters. The molecular weight excluding hydrogens is 324 g/mol. The second-order valence-corrected chi connectivity index (χ2v) is 7.71. The lowest BCUT2D eigenvalue weighted by Crippen LogP contribution is -2.40. The van der Waals surface area contributed by atoms with E-state index in [0.29, 0.717) is 17.8 Å². The summed E-state index contributed by atoms with van der Waals surface area (Å²) >= 11 is 5.96. The zero-order valence-corrected chi connectivity index (χ0v) is 15.1. The van der Waals surface area contributed by atoms with E-state index in [2.05, 4.69) is 17.0 Å². The molecule has 0 spiro atoms. The van der Waals surface area contributed by atoms with Crippen molar-refractivity contribution in [1.82, 2.24) is 9.80 Å². The zero-order chi connectivity index (χ0) is 17.1. The molecule has 0 radical (unpaired) electrons. The second-order valence-electron chi connectivity index (χ2n) is 7.27. The van der Waals surface area contributed by atoms with Crippen LogP contribution in [0, 0.1) is 17.8 Å². The Morgan fingerprint density at radius 3 is 2.46 bits per heavy atom. The van der Waals surface area contributed by atoms with Crippen LogP contribution in [0.5, 0.6) is 0 Å². The van der Waals surface area contributed by atoms with Gasteiger partial charge in [0.15, 0.2) is 0 Å². The lowest BCUT2D eigenvalue weighted by molar-refractivity contribution is -0.130. The number of carbonyl (C=O) groups excluding carboxylic acids is 1. The first kappa shape index (κ1) is 17.7. The highest BCUT2D eigenvalue weighted by atomic mass is 35.5. The van der Waals surface area contributed by atoms with Gasteiger partial charge in [0.25, 0.3) is 0 Å². The van der Waals surface area contributed by atoms with E-state index < -0.39 is 0 Å². The predicted octanol–water partition coefficient (Wildman–Crippen LogP) is 2.64. The summed E-state index contributed by atoms with van der Waals surface area (Å²) in [6.07, 6.45) is 2.13. The maximum absolute atomic E-state index is 11.5. The van der Waals surface area contributed by atoms with Crippen LogP contribution in [0.15, 0.2) is 24.3 Å². The molecule has 132 valence electrons. The van der Waals surface area contributed by atoms with E-state index in [9.17, 15) is 9.90 Å². The third-order valence-corrected chi connectivity index (χ3v) is 5.96. The van der Waals surface area contributed by atoms with Crippen molar-refractivity contribution in [3.63, 3.8) is 0 Å². The van der Waals surface area contributed by atoms with Crippen LogP contribution in [-0.4, -0.2) is 53.6 Å². The van der Waals surface area contributed by atoms with Crippen LogP contribution in [-0.2, 0) is 11.3 Å². The Morgan fingerprint density at radius 1 is 1.21 bits per heavy atom. The molecule has 1 N–H and O–H groups in total. The maximum Gasteiger partial charge on any atom is 0.219 e. The summed E-state index contributed by atoms with van der Waals surface area (Å²) in [4.78, 5) is 15.9. The Hall–Kier alpha value is -1.10. The number of carbonyl (C=O) groups is 1. The summed E-state index contributed by atoms with van der Waals surface area (Å²) in [7, 11) is 0. The minimum atomic E-state index is 0.183. The summed E-state index contributed by atoms with van der Waals surface area (Å²) < 4.78 is 0. The van der Waals surface area contributed by atoms with Gasteiger partial charge in [-0.05, 0) is 48.3 Å². The molecule has 2 aliphatic rings. The van der Waals surface area contributed by atoms with Crippen LogP contribution in [0.2, 0.25) is 5.02 Å². The van der Waals surface area contributed by atoms with Gasteiger partial charge in [-0.2, -0.15) is 0 Å². The molecule has 0 aromatic heterocycles. The fourth-order valence-corrected chi connectivity index (χ4v) is 4.46. The van der Waals surface area contributed by atoms with Crippen LogP contribution in [0.25, 0.3) is 0 Å². The fourth-order valence-electron chi connectivity index (χ4n) is 4.34. The Kier molecular flexibility index (Phi) is 5.80. The summed E-state index contributed by atoms with van der Waals surface area (Å²) in [6, 6.07) is 8.03. The highest BCUT2D eigenvalue weighted by Crippen LogP contribution is 2.36.